The van der Waals surface area contributed by atoms with Gasteiger partial charge in [-0.1, -0.05) is 24.3 Å². The molecule has 25 heavy (non-hydrogen) atoms. The van der Waals surface area contributed by atoms with Gasteiger partial charge in [0.2, 0.25) is 0 Å². The Kier molecular flexibility index (Phi) is 4.78. The standard InChI is InChI=1S/C18H19N4O3/c1-20(2)11-6-12-21(23)18-13-7-3-4-8-14(13)19-15-9-5-10-16(17(15)18)22(24)25/h3-5,7-10H,6,11-12H2,1-2H3/q-1. The number of aromatic nitrogens is 1. The van der Waals surface area contributed by atoms with Crippen LogP contribution in [-0.4, -0.2) is 42.0 Å². The van der Waals surface area contributed by atoms with Crippen molar-refractivity contribution in [2.45, 2.75) is 6.42 Å². The summed E-state index contributed by atoms with van der Waals surface area (Å²) in [6, 6.07) is 11.9. The van der Waals surface area contributed by atoms with Gasteiger partial charge in [0, 0.05) is 18.0 Å². The van der Waals surface area contributed by atoms with E-state index in [0.717, 1.165) is 11.6 Å². The molecule has 0 amide bonds. The maximum Gasteiger partial charge on any atom is 0.280 e. The molecule has 3 rings (SSSR count). The van der Waals surface area contributed by atoms with E-state index < -0.39 is 4.92 Å². The maximum absolute atomic E-state index is 12.9. The van der Waals surface area contributed by atoms with Gasteiger partial charge in [-0.3, -0.25) is 10.1 Å². The monoisotopic (exact) mass is 339 g/mol. The molecular weight excluding hydrogens is 320 g/mol. The minimum atomic E-state index is -0.462. The van der Waals surface area contributed by atoms with Crippen molar-refractivity contribution < 1.29 is 4.92 Å². The number of nitro groups is 1. The van der Waals surface area contributed by atoms with Gasteiger partial charge in [-0.2, -0.15) is 0 Å². The van der Waals surface area contributed by atoms with E-state index in [1.165, 1.54) is 6.07 Å². The van der Waals surface area contributed by atoms with Crippen LogP contribution in [0.4, 0.5) is 11.4 Å². The number of nitrogens with zero attached hydrogens (tertiary/aromatic N) is 4. The van der Waals surface area contributed by atoms with Gasteiger partial charge in [-0.15, -0.1) is 0 Å². The van der Waals surface area contributed by atoms with Crippen molar-refractivity contribution in [2.75, 3.05) is 32.2 Å². The second kappa shape index (κ2) is 7.00. The summed E-state index contributed by atoms with van der Waals surface area (Å²) in [6.07, 6.45) is 0.662. The smallest absolute Gasteiger partial charge is 0.280 e. The van der Waals surface area contributed by atoms with E-state index in [9.17, 15) is 15.3 Å². The van der Waals surface area contributed by atoms with E-state index in [0.29, 0.717) is 33.9 Å². The molecule has 3 aromatic rings. The number of pyridine rings is 1. The maximum atomic E-state index is 12.9. The van der Waals surface area contributed by atoms with Crippen LogP contribution in [0.5, 0.6) is 0 Å². The summed E-state index contributed by atoms with van der Waals surface area (Å²) >= 11 is 0. The number of fused-ring (bicyclic) bond motifs is 2. The fourth-order valence-corrected chi connectivity index (χ4v) is 2.95. The largest absolute Gasteiger partial charge is 0.758 e. The highest BCUT2D eigenvalue weighted by molar-refractivity contribution is 6.11. The van der Waals surface area contributed by atoms with Crippen LogP contribution in [0.2, 0.25) is 0 Å². The van der Waals surface area contributed by atoms with Gasteiger partial charge in [0.25, 0.3) is 5.69 Å². The molecule has 1 heterocycles. The number of hydroxylamine groups is 1. The van der Waals surface area contributed by atoms with Crippen molar-refractivity contribution in [3.8, 4) is 0 Å². The molecule has 0 bridgehead atoms. The first-order valence-corrected chi connectivity index (χ1v) is 8.04. The molecule has 2 aromatic carbocycles. The molecular formula is C18H19N4O3-. The van der Waals surface area contributed by atoms with Crippen LogP contribution in [0.15, 0.2) is 42.5 Å². The summed E-state index contributed by atoms with van der Waals surface area (Å²) in [5.41, 5.74) is 1.33. The van der Waals surface area contributed by atoms with Gasteiger partial charge in [0.1, 0.15) is 5.39 Å². The minimum absolute atomic E-state index is 0.0980. The Hall–Kier alpha value is -2.77. The van der Waals surface area contributed by atoms with Gasteiger partial charge >= 0.3 is 0 Å². The summed E-state index contributed by atoms with van der Waals surface area (Å²) < 4.78 is 0. The second-order valence-corrected chi connectivity index (χ2v) is 6.16. The predicted octanol–water partition coefficient (Wildman–Crippen LogP) is 3.55. The van der Waals surface area contributed by atoms with Gasteiger partial charge in [-0.05, 0) is 39.2 Å². The third-order valence-electron chi connectivity index (χ3n) is 4.07. The molecule has 0 aliphatic heterocycles. The van der Waals surface area contributed by atoms with Crippen LogP contribution in [-0.2, 0) is 0 Å². The highest BCUT2D eigenvalue weighted by atomic mass is 16.6. The lowest BCUT2D eigenvalue weighted by Crippen LogP contribution is -2.22. The van der Waals surface area contributed by atoms with Crippen molar-refractivity contribution in [3.05, 3.63) is 57.8 Å². The summed E-state index contributed by atoms with van der Waals surface area (Å²) in [5.74, 6) is 0. The average molecular weight is 339 g/mol. The van der Waals surface area contributed by atoms with E-state index >= 15 is 0 Å². The van der Waals surface area contributed by atoms with Crippen LogP contribution in [0.1, 0.15) is 6.42 Å². The number of para-hydroxylation sites is 1. The highest BCUT2D eigenvalue weighted by Gasteiger charge is 2.19. The number of non-ortho nitro benzene ring substituents is 1. The Bertz CT molecular complexity index is 927. The molecule has 7 heteroatoms. The summed E-state index contributed by atoms with van der Waals surface area (Å²) in [6.45, 7) is 1.02. The van der Waals surface area contributed by atoms with E-state index in [-0.39, 0.29) is 12.2 Å². The fourth-order valence-electron chi connectivity index (χ4n) is 2.95. The Balaban J connectivity index is 2.22. The number of hydrogen-bond donors (Lipinski definition) is 0. The molecule has 1 aromatic heterocycles. The van der Waals surface area contributed by atoms with Crippen molar-refractivity contribution in [1.29, 1.82) is 0 Å². The lowest BCUT2D eigenvalue weighted by atomic mass is 10.1. The predicted molar refractivity (Wildman–Crippen MR) is 99.8 cm³/mol. The summed E-state index contributed by atoms with van der Waals surface area (Å²) in [5, 5.41) is 26.1. The number of anilines is 1. The Morgan fingerprint density at radius 3 is 2.48 bits per heavy atom. The molecule has 0 saturated carbocycles. The SMILES string of the molecule is CN(C)CCCN([O-])c1c2ccccc2nc2cccc([N+](=O)[O-])c12. The molecule has 0 N–H and O–H groups in total. The zero-order valence-corrected chi connectivity index (χ0v) is 14.2. The summed E-state index contributed by atoms with van der Waals surface area (Å²) in [7, 11) is 3.88. The van der Waals surface area contributed by atoms with E-state index in [1.807, 2.05) is 37.2 Å². The van der Waals surface area contributed by atoms with Crippen molar-refractivity contribution in [1.82, 2.24) is 9.88 Å². The quantitative estimate of drug-likeness (QED) is 0.388. The fraction of sp³-hybridized carbons (Fsp3) is 0.278. The van der Waals surface area contributed by atoms with E-state index in [1.54, 1.807) is 18.2 Å². The minimum Gasteiger partial charge on any atom is -0.758 e. The first-order valence-electron chi connectivity index (χ1n) is 8.04. The van der Waals surface area contributed by atoms with E-state index in [2.05, 4.69) is 4.98 Å². The summed E-state index contributed by atoms with van der Waals surface area (Å²) in [4.78, 5) is 17.5. The highest BCUT2D eigenvalue weighted by Crippen LogP contribution is 2.38. The molecule has 0 aliphatic rings. The molecule has 0 atom stereocenters. The lowest BCUT2D eigenvalue weighted by Gasteiger charge is -2.33. The first kappa shape index (κ1) is 17.1. The zero-order chi connectivity index (χ0) is 18.0. The normalized spacial score (nSPS) is 11.4. The van der Waals surface area contributed by atoms with Gasteiger partial charge < -0.3 is 15.2 Å². The van der Waals surface area contributed by atoms with Crippen LogP contribution in [0.25, 0.3) is 21.8 Å². The van der Waals surface area contributed by atoms with Crippen LogP contribution < -0.4 is 5.06 Å². The van der Waals surface area contributed by atoms with Crippen molar-refractivity contribution in [3.63, 3.8) is 0 Å². The third kappa shape index (κ3) is 3.38. The van der Waals surface area contributed by atoms with Crippen molar-refractivity contribution in [2.24, 2.45) is 0 Å². The van der Waals surface area contributed by atoms with Crippen LogP contribution in [0, 0.1) is 15.3 Å². The Morgan fingerprint density at radius 2 is 1.76 bits per heavy atom. The average Bonchev–Trinajstić information content (AvgIpc) is 2.58. The van der Waals surface area contributed by atoms with Gasteiger partial charge in [-0.25, -0.2) is 4.98 Å². The first-order chi connectivity index (χ1) is 12.0. The molecule has 130 valence electrons. The number of nitro benzene ring substituents is 1. The second-order valence-electron chi connectivity index (χ2n) is 6.16. The van der Waals surface area contributed by atoms with Crippen LogP contribution >= 0.6 is 0 Å². The number of hydrogen-bond acceptors (Lipinski definition) is 6. The van der Waals surface area contributed by atoms with Crippen LogP contribution in [0.3, 0.4) is 0 Å². The molecule has 0 aliphatic carbocycles. The molecule has 0 spiro atoms. The van der Waals surface area contributed by atoms with Crippen molar-refractivity contribution >= 4 is 33.2 Å². The lowest BCUT2D eigenvalue weighted by molar-refractivity contribution is -0.383. The molecule has 0 unspecified atom stereocenters. The molecule has 7 nitrogen and oxygen atoms in total. The zero-order valence-electron chi connectivity index (χ0n) is 14.2. The Labute approximate surface area is 145 Å². The third-order valence-corrected chi connectivity index (χ3v) is 4.07. The van der Waals surface area contributed by atoms with E-state index in [4.69, 9.17) is 0 Å². The number of rotatable bonds is 6. The number of benzene rings is 2. The molecule has 0 radical (unpaired) electrons. The van der Waals surface area contributed by atoms with Gasteiger partial charge in [0.15, 0.2) is 0 Å². The van der Waals surface area contributed by atoms with Gasteiger partial charge in [0.05, 0.1) is 21.6 Å². The molecule has 0 fully saturated rings. The molecule has 0 saturated heterocycles. The topological polar surface area (TPSA) is 85.6 Å². The Morgan fingerprint density at radius 1 is 1.04 bits per heavy atom.